The zero-order valence-electron chi connectivity index (χ0n) is 13.3. The number of carbonyl (C=O) groups is 1. The third kappa shape index (κ3) is 3.28. The van der Waals surface area contributed by atoms with E-state index in [1.807, 2.05) is 19.9 Å². The zero-order valence-corrected chi connectivity index (χ0v) is 14.0. The molecule has 3 heterocycles. The van der Waals surface area contributed by atoms with Gasteiger partial charge in [0.15, 0.2) is 11.6 Å². The first-order valence-electron chi connectivity index (χ1n) is 7.44. The van der Waals surface area contributed by atoms with Crippen molar-refractivity contribution < 1.29 is 4.79 Å². The molecule has 0 aliphatic carbocycles. The number of halogens is 1. The van der Waals surface area contributed by atoms with Crippen molar-refractivity contribution in [3.05, 3.63) is 65.2 Å². The lowest BCUT2D eigenvalue weighted by atomic mass is 9.97. The number of hydrogen-bond donors (Lipinski definition) is 1. The predicted octanol–water partition coefficient (Wildman–Crippen LogP) is 3.37. The molecule has 0 aromatic carbocycles. The highest BCUT2D eigenvalue weighted by Crippen LogP contribution is 2.21. The first-order chi connectivity index (χ1) is 11.6. The van der Waals surface area contributed by atoms with Gasteiger partial charge in [-0.05, 0) is 43.2 Å². The molecule has 3 aromatic rings. The Hall–Kier alpha value is -2.73. The van der Waals surface area contributed by atoms with Gasteiger partial charge in [0.05, 0.1) is 10.9 Å². The Kier molecular flexibility index (Phi) is 4.57. The Morgan fingerprint density at radius 3 is 2.88 bits per heavy atom. The van der Waals surface area contributed by atoms with E-state index in [-0.39, 0.29) is 11.8 Å². The number of amides is 1. The first-order valence-corrected chi connectivity index (χ1v) is 7.82. The standard InChI is InChI=1S/C17H16ClN5O/c1-11-10-19-8-5-13(11)12(2)17(24)21-15-6-9-23(22-15)16-14(18)4-3-7-20-16/h3-10,12H,1-2H3,(H,21,22,24). The molecule has 0 spiro atoms. The number of aryl methyl sites for hydroxylation is 1. The van der Waals surface area contributed by atoms with Crippen molar-refractivity contribution in [2.45, 2.75) is 19.8 Å². The summed E-state index contributed by atoms with van der Waals surface area (Å²) in [6, 6.07) is 7.04. The second-order valence-electron chi connectivity index (χ2n) is 5.40. The molecule has 0 saturated heterocycles. The molecule has 24 heavy (non-hydrogen) atoms. The monoisotopic (exact) mass is 341 g/mol. The Labute approximate surface area is 144 Å². The van der Waals surface area contributed by atoms with Crippen LogP contribution < -0.4 is 5.32 Å². The SMILES string of the molecule is Cc1cnccc1C(C)C(=O)Nc1ccn(-c2ncccc2Cl)n1. The highest BCUT2D eigenvalue weighted by Gasteiger charge is 2.18. The van der Waals surface area contributed by atoms with Gasteiger partial charge < -0.3 is 5.32 Å². The fraction of sp³-hybridized carbons (Fsp3) is 0.176. The van der Waals surface area contributed by atoms with Gasteiger partial charge in [-0.2, -0.15) is 0 Å². The number of aromatic nitrogens is 4. The van der Waals surface area contributed by atoms with Crippen LogP contribution in [0.3, 0.4) is 0 Å². The lowest BCUT2D eigenvalue weighted by molar-refractivity contribution is -0.117. The summed E-state index contributed by atoms with van der Waals surface area (Å²) in [6.07, 6.45) is 6.77. The highest BCUT2D eigenvalue weighted by molar-refractivity contribution is 6.32. The molecule has 0 radical (unpaired) electrons. The van der Waals surface area contributed by atoms with Gasteiger partial charge in [0.2, 0.25) is 5.91 Å². The first kappa shape index (κ1) is 16.1. The van der Waals surface area contributed by atoms with Gasteiger partial charge in [-0.15, -0.1) is 5.10 Å². The molecule has 1 N–H and O–H groups in total. The summed E-state index contributed by atoms with van der Waals surface area (Å²) in [7, 11) is 0. The van der Waals surface area contributed by atoms with E-state index in [2.05, 4.69) is 20.4 Å². The zero-order chi connectivity index (χ0) is 17.1. The highest BCUT2D eigenvalue weighted by atomic mass is 35.5. The number of pyridine rings is 2. The van der Waals surface area contributed by atoms with Gasteiger partial charge >= 0.3 is 0 Å². The molecule has 6 nitrogen and oxygen atoms in total. The number of anilines is 1. The average Bonchev–Trinajstić information content (AvgIpc) is 3.03. The summed E-state index contributed by atoms with van der Waals surface area (Å²) < 4.78 is 1.53. The Morgan fingerprint density at radius 1 is 1.29 bits per heavy atom. The number of nitrogens with one attached hydrogen (secondary N) is 1. The molecule has 1 amide bonds. The lowest BCUT2D eigenvalue weighted by Crippen LogP contribution is -2.20. The molecule has 0 bridgehead atoms. The average molecular weight is 342 g/mol. The van der Waals surface area contributed by atoms with E-state index in [1.165, 1.54) is 4.68 Å². The molecule has 0 aliphatic rings. The summed E-state index contributed by atoms with van der Waals surface area (Å²) in [4.78, 5) is 20.7. The smallest absolute Gasteiger partial charge is 0.232 e. The van der Waals surface area contributed by atoms with Crippen LogP contribution in [0.15, 0.2) is 49.1 Å². The molecule has 0 saturated carbocycles. The van der Waals surface area contributed by atoms with E-state index in [0.717, 1.165) is 11.1 Å². The van der Waals surface area contributed by atoms with Gasteiger partial charge in [-0.3, -0.25) is 9.78 Å². The number of carbonyl (C=O) groups excluding carboxylic acids is 1. The summed E-state index contributed by atoms with van der Waals surface area (Å²) >= 11 is 6.11. The summed E-state index contributed by atoms with van der Waals surface area (Å²) in [5, 5.41) is 7.61. The van der Waals surface area contributed by atoms with E-state index in [4.69, 9.17) is 11.6 Å². The molecule has 7 heteroatoms. The minimum atomic E-state index is -0.309. The van der Waals surface area contributed by atoms with Crippen LogP contribution in [-0.2, 0) is 4.79 Å². The molecule has 1 unspecified atom stereocenters. The van der Waals surface area contributed by atoms with E-state index in [9.17, 15) is 4.79 Å². The van der Waals surface area contributed by atoms with Gasteiger partial charge in [0.1, 0.15) is 0 Å². The summed E-state index contributed by atoms with van der Waals surface area (Å²) in [6.45, 7) is 3.79. The molecule has 0 aliphatic heterocycles. The fourth-order valence-corrected chi connectivity index (χ4v) is 2.61. The Bertz CT molecular complexity index is 877. The third-order valence-corrected chi connectivity index (χ3v) is 4.01. The Balaban J connectivity index is 1.76. The molecular weight excluding hydrogens is 326 g/mol. The van der Waals surface area contributed by atoms with Crippen molar-refractivity contribution in [3.63, 3.8) is 0 Å². The van der Waals surface area contributed by atoms with E-state index < -0.39 is 0 Å². The topological polar surface area (TPSA) is 72.7 Å². The fourth-order valence-electron chi connectivity index (χ4n) is 2.40. The van der Waals surface area contributed by atoms with Crippen molar-refractivity contribution in [2.75, 3.05) is 5.32 Å². The van der Waals surface area contributed by atoms with Gasteiger partial charge in [-0.25, -0.2) is 9.67 Å². The molecule has 1 atom stereocenters. The van der Waals surface area contributed by atoms with Crippen molar-refractivity contribution in [1.82, 2.24) is 19.7 Å². The van der Waals surface area contributed by atoms with Crippen LogP contribution >= 0.6 is 11.6 Å². The normalized spacial score (nSPS) is 12.0. The van der Waals surface area contributed by atoms with E-state index in [0.29, 0.717) is 16.7 Å². The molecule has 3 rings (SSSR count). The maximum Gasteiger partial charge on any atom is 0.232 e. The maximum absolute atomic E-state index is 12.5. The van der Waals surface area contributed by atoms with Crippen molar-refractivity contribution in [3.8, 4) is 5.82 Å². The predicted molar refractivity (Wildman–Crippen MR) is 92.4 cm³/mol. The number of hydrogen-bond acceptors (Lipinski definition) is 4. The van der Waals surface area contributed by atoms with Crippen LogP contribution in [0.4, 0.5) is 5.82 Å². The summed E-state index contributed by atoms with van der Waals surface area (Å²) in [5.41, 5.74) is 1.92. The molecular formula is C17H16ClN5O. The van der Waals surface area contributed by atoms with Gasteiger partial charge in [-0.1, -0.05) is 11.6 Å². The van der Waals surface area contributed by atoms with Crippen molar-refractivity contribution in [2.24, 2.45) is 0 Å². The largest absolute Gasteiger partial charge is 0.309 e. The van der Waals surface area contributed by atoms with Crippen LogP contribution in [0.5, 0.6) is 0 Å². The van der Waals surface area contributed by atoms with Gasteiger partial charge in [0, 0.05) is 30.9 Å². The second kappa shape index (κ2) is 6.80. The van der Waals surface area contributed by atoms with Crippen LogP contribution in [0, 0.1) is 6.92 Å². The summed E-state index contributed by atoms with van der Waals surface area (Å²) in [5.74, 6) is 0.510. The third-order valence-electron chi connectivity index (χ3n) is 3.72. The van der Waals surface area contributed by atoms with Gasteiger partial charge in [0.25, 0.3) is 0 Å². The molecule has 122 valence electrons. The maximum atomic E-state index is 12.5. The lowest BCUT2D eigenvalue weighted by Gasteiger charge is -2.13. The number of rotatable bonds is 4. The van der Waals surface area contributed by atoms with Crippen LogP contribution in [-0.4, -0.2) is 25.7 Å². The van der Waals surface area contributed by atoms with Crippen molar-refractivity contribution >= 4 is 23.3 Å². The minimum absolute atomic E-state index is 0.137. The van der Waals surface area contributed by atoms with Crippen LogP contribution in [0.2, 0.25) is 5.02 Å². The molecule has 3 aromatic heterocycles. The van der Waals surface area contributed by atoms with Crippen LogP contribution in [0.1, 0.15) is 24.0 Å². The van der Waals surface area contributed by atoms with Crippen LogP contribution in [0.25, 0.3) is 5.82 Å². The number of nitrogens with zero attached hydrogens (tertiary/aromatic N) is 4. The van der Waals surface area contributed by atoms with E-state index in [1.54, 1.807) is 43.0 Å². The molecule has 0 fully saturated rings. The van der Waals surface area contributed by atoms with Crippen molar-refractivity contribution in [1.29, 1.82) is 0 Å². The minimum Gasteiger partial charge on any atom is -0.309 e. The quantitative estimate of drug-likeness (QED) is 0.789. The Morgan fingerprint density at radius 2 is 2.12 bits per heavy atom. The second-order valence-corrected chi connectivity index (χ2v) is 5.80. The van der Waals surface area contributed by atoms with E-state index >= 15 is 0 Å².